The molecule has 0 bridgehead atoms. The molecule has 0 radical (unpaired) electrons. The van der Waals surface area contributed by atoms with Crippen molar-refractivity contribution in [3.8, 4) is 0 Å². The van der Waals surface area contributed by atoms with Crippen molar-refractivity contribution in [3.63, 3.8) is 0 Å². The molecule has 1 saturated carbocycles. The van der Waals surface area contributed by atoms with Crippen LogP contribution in [0.4, 0.5) is 0 Å². The van der Waals surface area contributed by atoms with E-state index in [-0.39, 0.29) is 0 Å². The molecule has 0 unspecified atom stereocenters. The molecular formula is C11H17BrN2. The molecule has 0 atom stereocenters. The number of rotatable bonds is 2. The summed E-state index contributed by atoms with van der Waals surface area (Å²) in [7, 11) is 0. The topological polar surface area (TPSA) is 17.8 Å². The number of halogens is 1. The normalized spacial score (nSPS) is 18.3. The number of hydrogen-bond donors (Lipinski definition) is 0. The Hall–Kier alpha value is -0.310. The molecule has 0 N–H and O–H groups in total. The van der Waals surface area contributed by atoms with Gasteiger partial charge in [-0.15, -0.1) is 0 Å². The van der Waals surface area contributed by atoms with Gasteiger partial charge in [-0.05, 0) is 48.7 Å². The van der Waals surface area contributed by atoms with E-state index in [0.29, 0.717) is 6.04 Å². The molecule has 0 spiro atoms. The maximum atomic E-state index is 4.49. The van der Waals surface area contributed by atoms with E-state index in [0.717, 1.165) is 10.5 Å². The van der Waals surface area contributed by atoms with E-state index < -0.39 is 0 Å². The van der Waals surface area contributed by atoms with Crippen molar-refractivity contribution in [2.75, 3.05) is 0 Å². The lowest BCUT2D eigenvalue weighted by atomic mass is 10.0. The lowest BCUT2D eigenvalue weighted by molar-refractivity contribution is 0.483. The van der Waals surface area contributed by atoms with Crippen molar-refractivity contribution < 1.29 is 0 Å². The lowest BCUT2D eigenvalue weighted by Crippen LogP contribution is -2.09. The van der Waals surface area contributed by atoms with E-state index in [9.17, 15) is 0 Å². The summed E-state index contributed by atoms with van der Waals surface area (Å²) in [6.45, 7) is 4.38. The van der Waals surface area contributed by atoms with Crippen molar-refractivity contribution in [2.45, 2.75) is 51.5 Å². The minimum absolute atomic E-state index is 0.469. The fourth-order valence-corrected chi connectivity index (χ4v) is 2.72. The van der Waals surface area contributed by atoms with E-state index in [4.69, 9.17) is 0 Å². The summed E-state index contributed by atoms with van der Waals surface area (Å²) in [6, 6.07) is 2.66. The molecule has 1 aromatic heterocycles. The molecule has 0 aliphatic heterocycles. The Balaban J connectivity index is 2.30. The summed E-state index contributed by atoms with van der Waals surface area (Å²) in [6.07, 6.45) is 5.44. The smallest absolute Gasteiger partial charge is 0.128 e. The van der Waals surface area contributed by atoms with Gasteiger partial charge in [-0.1, -0.05) is 12.8 Å². The second-order valence-corrected chi connectivity index (χ2v) is 5.22. The van der Waals surface area contributed by atoms with Gasteiger partial charge >= 0.3 is 0 Å². The molecule has 1 aromatic rings. The van der Waals surface area contributed by atoms with Crippen LogP contribution in [0.5, 0.6) is 0 Å². The van der Waals surface area contributed by atoms with Crippen molar-refractivity contribution in [1.29, 1.82) is 0 Å². The zero-order valence-corrected chi connectivity index (χ0v) is 10.4. The summed E-state index contributed by atoms with van der Waals surface area (Å²) < 4.78 is 3.15. The van der Waals surface area contributed by atoms with Gasteiger partial charge in [0.15, 0.2) is 0 Å². The quantitative estimate of drug-likeness (QED) is 0.786. The van der Waals surface area contributed by atoms with Crippen molar-refractivity contribution in [1.82, 2.24) is 9.78 Å². The highest BCUT2D eigenvalue weighted by molar-refractivity contribution is 9.10. The molecule has 2 rings (SSSR count). The fraction of sp³-hybridized carbons (Fsp3) is 0.727. The third-order valence-corrected chi connectivity index (χ3v) is 3.38. The molecule has 1 fully saturated rings. The van der Waals surface area contributed by atoms with Gasteiger partial charge in [0.25, 0.3) is 0 Å². The summed E-state index contributed by atoms with van der Waals surface area (Å²) in [5, 5.41) is 4.49. The Bertz CT molecular complexity index is 311. The van der Waals surface area contributed by atoms with Crippen molar-refractivity contribution in [2.24, 2.45) is 0 Å². The Kier molecular flexibility index (Phi) is 2.96. The summed E-state index contributed by atoms with van der Waals surface area (Å²) >= 11 is 3.47. The molecule has 14 heavy (non-hydrogen) atoms. The number of hydrogen-bond acceptors (Lipinski definition) is 1. The molecule has 1 aliphatic rings. The maximum Gasteiger partial charge on any atom is 0.128 e. The molecule has 1 aliphatic carbocycles. The molecular weight excluding hydrogens is 240 g/mol. The second-order valence-electron chi connectivity index (χ2n) is 4.41. The van der Waals surface area contributed by atoms with Crippen LogP contribution in [-0.2, 0) is 0 Å². The minimum atomic E-state index is 0.469. The minimum Gasteiger partial charge on any atom is -0.266 e. The standard InChI is InChI=1S/C11H17BrN2/c1-8(2)14-10(7-11(12)13-14)9-5-3-4-6-9/h7-9H,3-6H2,1-2H3. The predicted molar refractivity (Wildman–Crippen MR) is 61.5 cm³/mol. The highest BCUT2D eigenvalue weighted by Gasteiger charge is 2.22. The van der Waals surface area contributed by atoms with Crippen LogP contribution in [0.15, 0.2) is 10.7 Å². The summed E-state index contributed by atoms with van der Waals surface area (Å²) in [5.74, 6) is 0.746. The van der Waals surface area contributed by atoms with Gasteiger partial charge in [0, 0.05) is 17.7 Å². The van der Waals surface area contributed by atoms with E-state index in [1.165, 1.54) is 31.4 Å². The largest absolute Gasteiger partial charge is 0.266 e. The Labute approximate surface area is 93.8 Å². The molecule has 0 saturated heterocycles. The first-order valence-corrected chi connectivity index (χ1v) is 6.22. The monoisotopic (exact) mass is 256 g/mol. The fourth-order valence-electron chi connectivity index (χ4n) is 2.32. The van der Waals surface area contributed by atoms with E-state index in [1.54, 1.807) is 0 Å². The first kappa shape index (κ1) is 10.2. The van der Waals surface area contributed by atoms with Gasteiger partial charge in [0.1, 0.15) is 4.60 Å². The lowest BCUT2D eigenvalue weighted by Gasteiger charge is -2.15. The van der Waals surface area contributed by atoms with E-state index >= 15 is 0 Å². The highest BCUT2D eigenvalue weighted by atomic mass is 79.9. The maximum absolute atomic E-state index is 4.49. The zero-order valence-electron chi connectivity index (χ0n) is 8.83. The average molecular weight is 257 g/mol. The summed E-state index contributed by atoms with van der Waals surface area (Å²) in [5.41, 5.74) is 1.42. The van der Waals surface area contributed by atoms with Crippen LogP contribution in [0.1, 0.15) is 57.2 Å². The number of nitrogens with zero attached hydrogens (tertiary/aromatic N) is 2. The van der Waals surface area contributed by atoms with Crippen LogP contribution in [0.3, 0.4) is 0 Å². The Morgan fingerprint density at radius 2 is 2.07 bits per heavy atom. The Morgan fingerprint density at radius 1 is 1.43 bits per heavy atom. The molecule has 3 heteroatoms. The number of aromatic nitrogens is 2. The van der Waals surface area contributed by atoms with Crippen LogP contribution >= 0.6 is 15.9 Å². The van der Waals surface area contributed by atoms with Gasteiger partial charge in [-0.3, -0.25) is 4.68 Å². The molecule has 2 nitrogen and oxygen atoms in total. The van der Waals surface area contributed by atoms with Crippen molar-refractivity contribution in [3.05, 3.63) is 16.4 Å². The predicted octanol–water partition coefficient (Wildman–Crippen LogP) is 3.88. The zero-order chi connectivity index (χ0) is 10.1. The summed E-state index contributed by atoms with van der Waals surface area (Å²) in [4.78, 5) is 0. The van der Waals surface area contributed by atoms with E-state index in [2.05, 4.69) is 45.6 Å². The van der Waals surface area contributed by atoms with Crippen LogP contribution in [-0.4, -0.2) is 9.78 Å². The molecule has 0 aromatic carbocycles. The molecule has 0 amide bonds. The third-order valence-electron chi connectivity index (χ3n) is 3.00. The van der Waals surface area contributed by atoms with Crippen LogP contribution in [0.2, 0.25) is 0 Å². The second kappa shape index (κ2) is 4.05. The van der Waals surface area contributed by atoms with Crippen LogP contribution < -0.4 is 0 Å². The van der Waals surface area contributed by atoms with Crippen LogP contribution in [0.25, 0.3) is 0 Å². The molecule has 1 heterocycles. The first-order valence-electron chi connectivity index (χ1n) is 5.43. The SMILES string of the molecule is CC(C)n1nc(Br)cc1C1CCCC1. The van der Waals surface area contributed by atoms with Gasteiger partial charge in [0.2, 0.25) is 0 Å². The molecule has 78 valence electrons. The van der Waals surface area contributed by atoms with Crippen LogP contribution in [0, 0.1) is 0 Å². The van der Waals surface area contributed by atoms with Gasteiger partial charge in [0.05, 0.1) is 0 Å². The van der Waals surface area contributed by atoms with Gasteiger partial charge in [-0.2, -0.15) is 5.10 Å². The average Bonchev–Trinajstić information content (AvgIpc) is 2.70. The third kappa shape index (κ3) is 1.88. The van der Waals surface area contributed by atoms with Gasteiger partial charge in [-0.25, -0.2) is 0 Å². The Morgan fingerprint density at radius 3 is 2.64 bits per heavy atom. The first-order chi connectivity index (χ1) is 6.68. The highest BCUT2D eigenvalue weighted by Crippen LogP contribution is 2.35. The van der Waals surface area contributed by atoms with Gasteiger partial charge < -0.3 is 0 Å². The van der Waals surface area contributed by atoms with E-state index in [1.807, 2.05) is 0 Å². The van der Waals surface area contributed by atoms with Crippen molar-refractivity contribution >= 4 is 15.9 Å².